The summed E-state index contributed by atoms with van der Waals surface area (Å²) in [5.41, 5.74) is 0. The summed E-state index contributed by atoms with van der Waals surface area (Å²) >= 11 is 0. The van der Waals surface area contributed by atoms with Crippen LogP contribution in [0.3, 0.4) is 0 Å². The number of nitrogens with one attached hydrogen (secondary N) is 2. The first-order valence-corrected chi connectivity index (χ1v) is 5.56. The lowest BCUT2D eigenvalue weighted by Gasteiger charge is -2.29. The van der Waals surface area contributed by atoms with E-state index in [0.29, 0.717) is 0 Å². The lowest BCUT2D eigenvalue weighted by molar-refractivity contribution is 0.171. The molecule has 1 saturated carbocycles. The number of hydrogen-bond donors (Lipinski definition) is 4. The molecular formula is C10H18N2O4. The molecule has 1 aliphatic rings. The van der Waals surface area contributed by atoms with Gasteiger partial charge in [-0.05, 0) is 18.8 Å². The van der Waals surface area contributed by atoms with E-state index in [-0.39, 0.29) is 18.5 Å². The predicted octanol–water partition coefficient (Wildman–Crippen LogP) is 1.47. The highest BCUT2D eigenvalue weighted by atomic mass is 16.4. The van der Waals surface area contributed by atoms with Crippen LogP contribution in [0.2, 0.25) is 0 Å². The van der Waals surface area contributed by atoms with E-state index in [4.69, 9.17) is 10.2 Å². The summed E-state index contributed by atoms with van der Waals surface area (Å²) in [6, 6.07) is -0.311. The third-order valence-electron chi connectivity index (χ3n) is 3.00. The van der Waals surface area contributed by atoms with Crippen LogP contribution in [0.4, 0.5) is 9.59 Å². The minimum atomic E-state index is -1.12. The normalized spacial score (nSPS) is 18.8. The van der Waals surface area contributed by atoms with Gasteiger partial charge in [0.05, 0.1) is 6.04 Å². The van der Waals surface area contributed by atoms with E-state index in [1.165, 1.54) is 6.42 Å². The van der Waals surface area contributed by atoms with Gasteiger partial charge in [-0.25, -0.2) is 9.59 Å². The molecule has 1 fully saturated rings. The molecule has 0 spiro atoms. The molecule has 16 heavy (non-hydrogen) atoms. The Bertz CT molecular complexity index is 251. The summed E-state index contributed by atoms with van der Waals surface area (Å²) in [4.78, 5) is 21.0. The van der Waals surface area contributed by atoms with Crippen LogP contribution in [-0.2, 0) is 0 Å². The van der Waals surface area contributed by atoms with E-state index in [2.05, 4.69) is 10.6 Å². The molecule has 1 unspecified atom stereocenters. The lowest BCUT2D eigenvalue weighted by atomic mass is 9.84. The topological polar surface area (TPSA) is 98.7 Å². The van der Waals surface area contributed by atoms with Gasteiger partial charge in [0.1, 0.15) is 0 Å². The fourth-order valence-electron chi connectivity index (χ4n) is 2.23. The van der Waals surface area contributed by atoms with Crippen LogP contribution >= 0.6 is 0 Å². The fourth-order valence-corrected chi connectivity index (χ4v) is 2.23. The van der Waals surface area contributed by atoms with E-state index in [1.807, 2.05) is 0 Å². The second-order valence-electron chi connectivity index (χ2n) is 4.14. The first kappa shape index (κ1) is 12.6. The third kappa shape index (κ3) is 4.37. The van der Waals surface area contributed by atoms with E-state index >= 15 is 0 Å². The standard InChI is InChI=1S/C10H18N2O4/c13-9(14)11-6-8(12-10(15)16)7-4-2-1-3-5-7/h7-8,11-12H,1-6H2,(H,13,14)(H,15,16). The largest absolute Gasteiger partial charge is 0.465 e. The number of carboxylic acid groups (broad SMARTS) is 2. The van der Waals surface area contributed by atoms with Gasteiger partial charge in [0.15, 0.2) is 0 Å². The second-order valence-corrected chi connectivity index (χ2v) is 4.14. The summed E-state index contributed by atoms with van der Waals surface area (Å²) in [6.07, 6.45) is 3.09. The average Bonchev–Trinajstić information content (AvgIpc) is 2.25. The molecule has 0 aromatic carbocycles. The molecule has 0 heterocycles. The molecular weight excluding hydrogens is 212 g/mol. The SMILES string of the molecule is O=C(O)NCC(NC(=O)O)C1CCCCC1. The van der Waals surface area contributed by atoms with Gasteiger partial charge in [0.2, 0.25) is 0 Å². The molecule has 4 N–H and O–H groups in total. The summed E-state index contributed by atoms with van der Waals surface area (Å²) < 4.78 is 0. The molecule has 2 amide bonds. The molecule has 1 rings (SSSR count). The molecule has 1 aliphatic carbocycles. The van der Waals surface area contributed by atoms with Gasteiger partial charge in [-0.3, -0.25) is 0 Å². The van der Waals surface area contributed by atoms with Crippen molar-refractivity contribution >= 4 is 12.2 Å². The van der Waals surface area contributed by atoms with Crippen LogP contribution in [0.1, 0.15) is 32.1 Å². The Labute approximate surface area is 94.0 Å². The molecule has 6 nitrogen and oxygen atoms in total. The highest BCUT2D eigenvalue weighted by molar-refractivity contribution is 5.66. The number of amides is 2. The Kier molecular flexibility index (Phi) is 4.88. The minimum absolute atomic E-state index is 0.145. The average molecular weight is 230 g/mol. The van der Waals surface area contributed by atoms with Crippen LogP contribution < -0.4 is 10.6 Å². The van der Waals surface area contributed by atoms with Gasteiger partial charge in [-0.2, -0.15) is 0 Å². The Hall–Kier alpha value is -1.46. The van der Waals surface area contributed by atoms with Gasteiger partial charge in [-0.1, -0.05) is 19.3 Å². The Morgan fingerprint density at radius 1 is 1.12 bits per heavy atom. The van der Waals surface area contributed by atoms with Crippen molar-refractivity contribution in [2.75, 3.05) is 6.54 Å². The van der Waals surface area contributed by atoms with E-state index in [9.17, 15) is 9.59 Å². The monoisotopic (exact) mass is 230 g/mol. The zero-order chi connectivity index (χ0) is 12.0. The van der Waals surface area contributed by atoms with Crippen LogP contribution in [0, 0.1) is 5.92 Å². The van der Waals surface area contributed by atoms with Gasteiger partial charge in [0.25, 0.3) is 0 Å². The quantitative estimate of drug-likeness (QED) is 0.587. The van der Waals surface area contributed by atoms with Crippen LogP contribution in [0.15, 0.2) is 0 Å². The maximum absolute atomic E-state index is 10.6. The maximum Gasteiger partial charge on any atom is 0.404 e. The summed E-state index contributed by atoms with van der Waals surface area (Å²) in [6.45, 7) is 0.145. The second kappa shape index (κ2) is 6.19. The fraction of sp³-hybridized carbons (Fsp3) is 0.800. The molecule has 0 aromatic heterocycles. The third-order valence-corrected chi connectivity index (χ3v) is 3.00. The Morgan fingerprint density at radius 2 is 1.75 bits per heavy atom. The summed E-state index contributed by atoms with van der Waals surface area (Å²) in [7, 11) is 0. The number of rotatable bonds is 4. The molecule has 6 heteroatoms. The Balaban J connectivity index is 2.47. The first-order valence-electron chi connectivity index (χ1n) is 5.56. The highest BCUT2D eigenvalue weighted by Crippen LogP contribution is 2.26. The zero-order valence-electron chi connectivity index (χ0n) is 9.11. The van der Waals surface area contributed by atoms with Crippen LogP contribution in [-0.4, -0.2) is 35.0 Å². The molecule has 92 valence electrons. The van der Waals surface area contributed by atoms with Crippen molar-refractivity contribution in [3.05, 3.63) is 0 Å². The van der Waals surface area contributed by atoms with E-state index in [0.717, 1.165) is 25.7 Å². The van der Waals surface area contributed by atoms with Crippen molar-refractivity contribution in [3.8, 4) is 0 Å². The van der Waals surface area contributed by atoms with Crippen LogP contribution in [0.25, 0.3) is 0 Å². The molecule has 0 bridgehead atoms. The van der Waals surface area contributed by atoms with Gasteiger partial charge in [-0.15, -0.1) is 0 Å². The summed E-state index contributed by atoms with van der Waals surface area (Å²) in [5.74, 6) is 0.247. The lowest BCUT2D eigenvalue weighted by Crippen LogP contribution is -2.47. The van der Waals surface area contributed by atoms with Crippen molar-refractivity contribution in [2.24, 2.45) is 5.92 Å². The highest BCUT2D eigenvalue weighted by Gasteiger charge is 2.25. The minimum Gasteiger partial charge on any atom is -0.465 e. The van der Waals surface area contributed by atoms with Crippen molar-refractivity contribution in [1.82, 2.24) is 10.6 Å². The van der Waals surface area contributed by atoms with E-state index < -0.39 is 12.2 Å². The number of carbonyl (C=O) groups is 2. The van der Waals surface area contributed by atoms with Crippen molar-refractivity contribution < 1.29 is 19.8 Å². The van der Waals surface area contributed by atoms with Crippen LogP contribution in [0.5, 0.6) is 0 Å². The molecule has 0 radical (unpaired) electrons. The zero-order valence-corrected chi connectivity index (χ0v) is 9.11. The number of hydrogen-bond acceptors (Lipinski definition) is 2. The van der Waals surface area contributed by atoms with Crippen molar-refractivity contribution in [3.63, 3.8) is 0 Å². The van der Waals surface area contributed by atoms with Gasteiger partial charge < -0.3 is 20.8 Å². The van der Waals surface area contributed by atoms with Gasteiger partial charge >= 0.3 is 12.2 Å². The summed E-state index contributed by atoms with van der Waals surface area (Å²) in [5, 5.41) is 21.8. The van der Waals surface area contributed by atoms with Crippen molar-refractivity contribution in [2.45, 2.75) is 38.1 Å². The predicted molar refractivity (Wildman–Crippen MR) is 57.6 cm³/mol. The van der Waals surface area contributed by atoms with Crippen molar-refractivity contribution in [1.29, 1.82) is 0 Å². The molecule has 1 atom stereocenters. The maximum atomic E-state index is 10.6. The van der Waals surface area contributed by atoms with Gasteiger partial charge in [0, 0.05) is 6.54 Å². The Morgan fingerprint density at radius 3 is 2.25 bits per heavy atom. The molecule has 0 aromatic rings. The first-order chi connectivity index (χ1) is 7.59. The van der Waals surface area contributed by atoms with E-state index in [1.54, 1.807) is 0 Å². The molecule has 0 saturated heterocycles. The smallest absolute Gasteiger partial charge is 0.404 e. The molecule has 0 aliphatic heterocycles.